The maximum Gasteiger partial charge on any atom is 0.389 e. The maximum absolute atomic E-state index is 12.9. The lowest BCUT2D eigenvalue weighted by molar-refractivity contribution is -0.135. The van der Waals surface area contributed by atoms with Gasteiger partial charge in [0.15, 0.2) is 17.5 Å². The third-order valence-corrected chi connectivity index (χ3v) is 2.42. The van der Waals surface area contributed by atoms with Crippen LogP contribution in [0.2, 0.25) is 0 Å². The number of alkyl halides is 3. The molecule has 0 heterocycles. The van der Waals surface area contributed by atoms with Gasteiger partial charge in [-0.3, -0.25) is 4.79 Å². The first-order valence-corrected chi connectivity index (χ1v) is 5.70. The molecule has 1 N–H and O–H groups in total. The summed E-state index contributed by atoms with van der Waals surface area (Å²) in [5, 5.41) is 2.20. The molecule has 112 valence electrons. The van der Waals surface area contributed by atoms with Crippen molar-refractivity contribution in [3.8, 4) is 0 Å². The molecule has 1 aromatic carbocycles. The number of amides is 1. The molecule has 0 aliphatic carbocycles. The highest BCUT2D eigenvalue weighted by Crippen LogP contribution is 2.21. The fraction of sp³-hybridized carbons (Fsp3) is 0.417. The number of unbranched alkanes of at least 4 members (excludes halogenated alkanes) is 1. The van der Waals surface area contributed by atoms with Crippen LogP contribution in [0.15, 0.2) is 12.1 Å². The summed E-state index contributed by atoms with van der Waals surface area (Å²) in [6.45, 7) is -0.0739. The van der Waals surface area contributed by atoms with E-state index in [-0.39, 0.29) is 19.4 Å². The number of carbonyl (C=O) groups is 1. The van der Waals surface area contributed by atoms with Gasteiger partial charge in [-0.1, -0.05) is 0 Å². The molecule has 0 saturated heterocycles. The lowest BCUT2D eigenvalue weighted by Crippen LogP contribution is -2.25. The maximum atomic E-state index is 12.9. The van der Waals surface area contributed by atoms with Gasteiger partial charge in [0.05, 0.1) is 0 Å². The third kappa shape index (κ3) is 5.10. The molecule has 0 bridgehead atoms. The van der Waals surface area contributed by atoms with Gasteiger partial charge in [-0.25, -0.2) is 13.2 Å². The summed E-state index contributed by atoms with van der Waals surface area (Å²) >= 11 is 0. The minimum Gasteiger partial charge on any atom is -0.352 e. The van der Waals surface area contributed by atoms with Crippen molar-refractivity contribution in [2.45, 2.75) is 25.4 Å². The number of hydrogen-bond donors (Lipinski definition) is 1. The molecule has 0 aliphatic heterocycles. The van der Waals surface area contributed by atoms with Crippen molar-refractivity contribution in [3.05, 3.63) is 35.1 Å². The Morgan fingerprint density at radius 3 is 2.10 bits per heavy atom. The minimum atomic E-state index is -4.26. The van der Waals surface area contributed by atoms with Crippen molar-refractivity contribution in [2.75, 3.05) is 6.54 Å². The topological polar surface area (TPSA) is 29.1 Å². The quantitative estimate of drug-likeness (QED) is 0.503. The van der Waals surface area contributed by atoms with Crippen LogP contribution in [0, 0.1) is 17.5 Å². The predicted molar refractivity (Wildman–Crippen MR) is 58.6 cm³/mol. The molecule has 0 fully saturated rings. The smallest absolute Gasteiger partial charge is 0.352 e. The summed E-state index contributed by atoms with van der Waals surface area (Å²) in [5.41, 5.74) is -0.433. The molecule has 20 heavy (non-hydrogen) atoms. The van der Waals surface area contributed by atoms with Crippen LogP contribution >= 0.6 is 0 Å². The Morgan fingerprint density at radius 2 is 1.60 bits per heavy atom. The van der Waals surface area contributed by atoms with E-state index in [1.165, 1.54) is 0 Å². The highest BCUT2D eigenvalue weighted by Gasteiger charge is 2.25. The summed E-state index contributed by atoms with van der Waals surface area (Å²) in [5.74, 6) is -5.58. The first-order chi connectivity index (χ1) is 9.20. The molecule has 0 aromatic heterocycles. The van der Waals surface area contributed by atoms with Crippen molar-refractivity contribution in [1.29, 1.82) is 0 Å². The number of halogens is 6. The Kier molecular flexibility index (Phi) is 5.41. The number of nitrogens with one attached hydrogen (secondary N) is 1. The zero-order chi connectivity index (χ0) is 15.3. The van der Waals surface area contributed by atoms with E-state index in [0.29, 0.717) is 12.1 Å². The summed E-state index contributed by atoms with van der Waals surface area (Å²) < 4.78 is 73.8. The first-order valence-electron chi connectivity index (χ1n) is 5.70. The van der Waals surface area contributed by atoms with Crippen molar-refractivity contribution >= 4 is 5.91 Å². The zero-order valence-corrected chi connectivity index (χ0v) is 10.2. The molecule has 2 nitrogen and oxygen atoms in total. The Balaban J connectivity index is 2.44. The van der Waals surface area contributed by atoms with Gasteiger partial charge in [0.1, 0.15) is 0 Å². The van der Waals surface area contributed by atoms with Crippen molar-refractivity contribution < 1.29 is 31.1 Å². The van der Waals surface area contributed by atoms with Crippen molar-refractivity contribution in [3.63, 3.8) is 0 Å². The monoisotopic (exact) mass is 299 g/mol. The normalized spacial score (nSPS) is 11.5. The van der Waals surface area contributed by atoms with Gasteiger partial charge in [0.2, 0.25) is 0 Å². The zero-order valence-electron chi connectivity index (χ0n) is 10.2. The average molecular weight is 299 g/mol. The molecule has 8 heteroatoms. The van der Waals surface area contributed by atoms with Crippen LogP contribution in [0.25, 0.3) is 0 Å². The molecular formula is C12H11F6NO. The predicted octanol–water partition coefficient (Wildman–Crippen LogP) is 3.57. The lowest BCUT2D eigenvalue weighted by Gasteiger charge is -2.07. The number of carbonyl (C=O) groups excluding carboxylic acids is 1. The van der Waals surface area contributed by atoms with E-state index in [1.54, 1.807) is 0 Å². The van der Waals surface area contributed by atoms with Gasteiger partial charge in [-0.2, -0.15) is 13.2 Å². The highest BCUT2D eigenvalue weighted by atomic mass is 19.4. The van der Waals surface area contributed by atoms with E-state index in [4.69, 9.17) is 0 Å². The number of hydrogen-bond acceptors (Lipinski definition) is 1. The van der Waals surface area contributed by atoms with E-state index >= 15 is 0 Å². The molecular weight excluding hydrogens is 288 g/mol. The molecule has 0 radical (unpaired) electrons. The van der Waals surface area contributed by atoms with Crippen LogP contribution in [0.1, 0.15) is 29.6 Å². The van der Waals surface area contributed by atoms with Crippen LogP contribution in [0.4, 0.5) is 26.3 Å². The summed E-state index contributed by atoms with van der Waals surface area (Å²) in [4.78, 5) is 11.4. The van der Waals surface area contributed by atoms with E-state index in [9.17, 15) is 31.1 Å². The van der Waals surface area contributed by atoms with E-state index < -0.39 is 41.5 Å². The second-order valence-corrected chi connectivity index (χ2v) is 4.08. The largest absolute Gasteiger partial charge is 0.389 e. The number of rotatable bonds is 5. The summed E-state index contributed by atoms with van der Waals surface area (Å²) in [7, 11) is 0. The Hall–Kier alpha value is -1.73. The molecule has 0 unspecified atom stereocenters. The molecule has 1 aromatic rings. The van der Waals surface area contributed by atoms with Gasteiger partial charge >= 0.3 is 6.18 Å². The molecule has 1 amide bonds. The third-order valence-electron chi connectivity index (χ3n) is 2.42. The van der Waals surface area contributed by atoms with Gasteiger partial charge in [0, 0.05) is 18.5 Å². The van der Waals surface area contributed by atoms with Crippen molar-refractivity contribution in [2.24, 2.45) is 0 Å². The Bertz CT molecular complexity index is 462. The highest BCUT2D eigenvalue weighted by molar-refractivity contribution is 5.94. The van der Waals surface area contributed by atoms with E-state index in [2.05, 4.69) is 5.32 Å². The Morgan fingerprint density at radius 1 is 1.05 bits per heavy atom. The standard InChI is InChI=1S/C12H11F6NO/c13-8-5-7(6-9(14)10(8)15)11(20)19-4-2-1-3-12(16,17)18/h5-6H,1-4H2,(H,19,20). The van der Waals surface area contributed by atoms with Crippen LogP contribution in [0.3, 0.4) is 0 Å². The second-order valence-electron chi connectivity index (χ2n) is 4.08. The average Bonchev–Trinajstić information content (AvgIpc) is 2.33. The van der Waals surface area contributed by atoms with Crippen LogP contribution in [0.5, 0.6) is 0 Å². The minimum absolute atomic E-state index is 0.0669. The molecule has 0 saturated carbocycles. The molecule has 0 atom stereocenters. The van der Waals surface area contributed by atoms with Crippen LogP contribution in [-0.4, -0.2) is 18.6 Å². The Labute approximate surface area is 110 Å². The van der Waals surface area contributed by atoms with E-state index in [0.717, 1.165) is 0 Å². The fourth-order valence-electron chi connectivity index (χ4n) is 1.44. The summed E-state index contributed by atoms with van der Waals surface area (Å²) in [6.07, 6.45) is -5.33. The van der Waals surface area contributed by atoms with Crippen molar-refractivity contribution in [1.82, 2.24) is 5.32 Å². The van der Waals surface area contributed by atoms with Crippen LogP contribution < -0.4 is 5.32 Å². The van der Waals surface area contributed by atoms with Gasteiger partial charge in [-0.05, 0) is 25.0 Å². The number of benzene rings is 1. The summed E-state index contributed by atoms with van der Waals surface area (Å²) in [6, 6.07) is 1.03. The van der Waals surface area contributed by atoms with Crippen LogP contribution in [-0.2, 0) is 0 Å². The van der Waals surface area contributed by atoms with Gasteiger partial charge < -0.3 is 5.32 Å². The molecule has 0 spiro atoms. The van der Waals surface area contributed by atoms with Gasteiger partial charge in [0.25, 0.3) is 5.91 Å². The second kappa shape index (κ2) is 6.62. The van der Waals surface area contributed by atoms with E-state index in [1.807, 2.05) is 0 Å². The first kappa shape index (κ1) is 16.3. The molecule has 0 aliphatic rings. The fourth-order valence-corrected chi connectivity index (χ4v) is 1.44. The van der Waals surface area contributed by atoms with Gasteiger partial charge in [-0.15, -0.1) is 0 Å². The SMILES string of the molecule is O=C(NCCCCC(F)(F)F)c1cc(F)c(F)c(F)c1. The lowest BCUT2D eigenvalue weighted by atomic mass is 10.2. The molecule has 1 rings (SSSR count).